The molecule has 3 aromatic rings. The van der Waals surface area contributed by atoms with E-state index >= 15 is 0 Å². The molecular formula is C17H12FN3O3. The van der Waals surface area contributed by atoms with Gasteiger partial charge in [0.05, 0.1) is 5.56 Å². The number of hydrogen-bond acceptors (Lipinski definition) is 3. The van der Waals surface area contributed by atoms with Gasteiger partial charge in [-0.05, 0) is 30.3 Å². The van der Waals surface area contributed by atoms with Crippen molar-refractivity contribution < 1.29 is 14.0 Å². The SMILES string of the molecule is O=C(NNC(=O)c1cc(=O)[nH]c2ccccc12)c1ccc(F)cc1. The third-order valence-electron chi connectivity index (χ3n) is 3.39. The maximum atomic E-state index is 12.8. The molecule has 120 valence electrons. The largest absolute Gasteiger partial charge is 0.322 e. The number of aromatic nitrogens is 1. The topological polar surface area (TPSA) is 91.1 Å². The molecule has 24 heavy (non-hydrogen) atoms. The highest BCUT2D eigenvalue weighted by Crippen LogP contribution is 2.14. The van der Waals surface area contributed by atoms with E-state index in [0.717, 1.165) is 18.2 Å². The van der Waals surface area contributed by atoms with E-state index in [1.165, 1.54) is 12.1 Å². The van der Waals surface area contributed by atoms with Gasteiger partial charge in [0, 0.05) is 22.5 Å². The van der Waals surface area contributed by atoms with Crippen molar-refractivity contribution in [3.8, 4) is 0 Å². The van der Waals surface area contributed by atoms with Crippen molar-refractivity contribution in [3.05, 3.63) is 81.9 Å². The first-order valence-corrected chi connectivity index (χ1v) is 7.03. The van der Waals surface area contributed by atoms with Crippen LogP contribution in [0.2, 0.25) is 0 Å². The van der Waals surface area contributed by atoms with Crippen LogP contribution in [-0.4, -0.2) is 16.8 Å². The molecular weight excluding hydrogens is 313 g/mol. The van der Waals surface area contributed by atoms with Crippen molar-refractivity contribution in [1.29, 1.82) is 0 Å². The number of halogens is 1. The van der Waals surface area contributed by atoms with Gasteiger partial charge in [0.1, 0.15) is 5.82 Å². The third-order valence-corrected chi connectivity index (χ3v) is 3.39. The molecule has 0 saturated heterocycles. The Kier molecular flexibility index (Phi) is 4.07. The molecule has 0 atom stereocenters. The van der Waals surface area contributed by atoms with Gasteiger partial charge >= 0.3 is 0 Å². The van der Waals surface area contributed by atoms with Crippen LogP contribution in [0.25, 0.3) is 10.9 Å². The quantitative estimate of drug-likeness (QED) is 0.627. The number of nitrogens with one attached hydrogen (secondary N) is 3. The molecule has 6 nitrogen and oxygen atoms in total. The minimum atomic E-state index is -0.632. The Hall–Kier alpha value is -3.48. The van der Waals surface area contributed by atoms with Crippen LogP contribution in [0.4, 0.5) is 4.39 Å². The van der Waals surface area contributed by atoms with Crippen molar-refractivity contribution in [3.63, 3.8) is 0 Å². The monoisotopic (exact) mass is 325 g/mol. The molecule has 0 saturated carbocycles. The Balaban J connectivity index is 1.79. The standard InChI is InChI=1S/C17H12FN3O3/c18-11-7-5-10(6-8-11)16(23)20-21-17(24)13-9-15(22)19-14-4-2-1-3-12(13)14/h1-9H,(H,19,22)(H,20,23)(H,21,24). The zero-order valence-corrected chi connectivity index (χ0v) is 12.3. The molecule has 0 fully saturated rings. The second kappa shape index (κ2) is 6.33. The number of carbonyl (C=O) groups is 2. The number of hydrazine groups is 1. The minimum absolute atomic E-state index is 0.133. The minimum Gasteiger partial charge on any atom is -0.322 e. The van der Waals surface area contributed by atoms with Gasteiger partial charge in [-0.3, -0.25) is 25.2 Å². The molecule has 0 aliphatic carbocycles. The van der Waals surface area contributed by atoms with Gasteiger partial charge < -0.3 is 4.98 Å². The van der Waals surface area contributed by atoms with Crippen LogP contribution in [0.1, 0.15) is 20.7 Å². The second-order valence-electron chi connectivity index (χ2n) is 5.01. The lowest BCUT2D eigenvalue weighted by Crippen LogP contribution is -2.42. The molecule has 0 aliphatic rings. The Morgan fingerprint density at radius 2 is 1.58 bits per heavy atom. The zero-order valence-electron chi connectivity index (χ0n) is 12.3. The van der Waals surface area contributed by atoms with Crippen LogP contribution in [0.5, 0.6) is 0 Å². The normalized spacial score (nSPS) is 10.4. The molecule has 0 unspecified atom stereocenters. The molecule has 1 aromatic heterocycles. The molecule has 0 radical (unpaired) electrons. The number of aromatic amines is 1. The van der Waals surface area contributed by atoms with Crippen molar-refractivity contribution in [1.82, 2.24) is 15.8 Å². The average Bonchev–Trinajstić information content (AvgIpc) is 2.59. The summed E-state index contributed by atoms with van der Waals surface area (Å²) in [5.41, 5.74) is 4.88. The summed E-state index contributed by atoms with van der Waals surface area (Å²) in [5.74, 6) is -1.70. The summed E-state index contributed by atoms with van der Waals surface area (Å²) < 4.78 is 12.8. The molecule has 3 N–H and O–H groups in total. The Morgan fingerprint density at radius 1 is 0.917 bits per heavy atom. The Morgan fingerprint density at radius 3 is 2.33 bits per heavy atom. The average molecular weight is 325 g/mol. The van der Waals surface area contributed by atoms with Gasteiger partial charge in [-0.25, -0.2) is 4.39 Å². The van der Waals surface area contributed by atoms with Crippen LogP contribution in [0.15, 0.2) is 59.4 Å². The summed E-state index contributed by atoms with van der Waals surface area (Å²) in [4.78, 5) is 38.4. The van der Waals surface area contributed by atoms with Gasteiger partial charge in [0.15, 0.2) is 0 Å². The maximum absolute atomic E-state index is 12.8. The third kappa shape index (κ3) is 3.14. The molecule has 3 rings (SSSR count). The Bertz CT molecular complexity index is 980. The predicted octanol–water partition coefficient (Wildman–Crippen LogP) is 1.74. The van der Waals surface area contributed by atoms with Crippen LogP contribution in [-0.2, 0) is 0 Å². The lowest BCUT2D eigenvalue weighted by Gasteiger charge is -2.09. The summed E-state index contributed by atoms with van der Waals surface area (Å²) >= 11 is 0. The van der Waals surface area contributed by atoms with E-state index in [0.29, 0.717) is 10.9 Å². The highest BCUT2D eigenvalue weighted by Gasteiger charge is 2.13. The number of benzene rings is 2. The number of carbonyl (C=O) groups excluding carboxylic acids is 2. The van der Waals surface area contributed by atoms with E-state index in [9.17, 15) is 18.8 Å². The highest BCUT2D eigenvalue weighted by molar-refractivity contribution is 6.07. The number of para-hydroxylation sites is 1. The lowest BCUT2D eigenvalue weighted by molar-refractivity contribution is 0.0847. The zero-order chi connectivity index (χ0) is 17.1. The van der Waals surface area contributed by atoms with E-state index in [4.69, 9.17) is 0 Å². The number of hydrogen-bond donors (Lipinski definition) is 3. The van der Waals surface area contributed by atoms with E-state index in [1.54, 1.807) is 24.3 Å². The molecule has 0 aliphatic heterocycles. The van der Waals surface area contributed by atoms with Crippen LogP contribution >= 0.6 is 0 Å². The van der Waals surface area contributed by atoms with Crippen LogP contribution in [0.3, 0.4) is 0 Å². The van der Waals surface area contributed by atoms with Gasteiger partial charge in [0.2, 0.25) is 5.56 Å². The lowest BCUT2D eigenvalue weighted by atomic mass is 10.1. The van der Waals surface area contributed by atoms with Crippen molar-refractivity contribution in [2.75, 3.05) is 0 Å². The molecule has 0 bridgehead atoms. The van der Waals surface area contributed by atoms with Gasteiger partial charge in [0.25, 0.3) is 11.8 Å². The first-order chi connectivity index (χ1) is 11.5. The van der Waals surface area contributed by atoms with E-state index in [1.807, 2.05) is 0 Å². The van der Waals surface area contributed by atoms with E-state index in [-0.39, 0.29) is 11.1 Å². The molecule has 2 amide bonds. The summed E-state index contributed by atoms with van der Waals surface area (Å²) in [6.07, 6.45) is 0. The number of amides is 2. The Labute approximate surface area is 135 Å². The van der Waals surface area contributed by atoms with Crippen LogP contribution in [0, 0.1) is 5.82 Å². The van der Waals surface area contributed by atoms with E-state index in [2.05, 4.69) is 15.8 Å². The smallest absolute Gasteiger partial charge is 0.270 e. The van der Waals surface area contributed by atoms with Gasteiger partial charge in [-0.2, -0.15) is 0 Å². The number of rotatable bonds is 2. The molecule has 1 heterocycles. The summed E-state index contributed by atoms with van der Waals surface area (Å²) in [6, 6.07) is 12.8. The van der Waals surface area contributed by atoms with Gasteiger partial charge in [-0.15, -0.1) is 0 Å². The summed E-state index contributed by atoms with van der Waals surface area (Å²) in [5, 5.41) is 0.547. The van der Waals surface area contributed by atoms with Gasteiger partial charge in [-0.1, -0.05) is 18.2 Å². The molecule has 7 heteroatoms. The molecule has 2 aromatic carbocycles. The number of H-pyrrole nitrogens is 1. The van der Waals surface area contributed by atoms with Crippen molar-refractivity contribution in [2.24, 2.45) is 0 Å². The van der Waals surface area contributed by atoms with Crippen molar-refractivity contribution >= 4 is 22.7 Å². The molecule has 0 spiro atoms. The summed E-state index contributed by atoms with van der Waals surface area (Å²) in [7, 11) is 0. The van der Waals surface area contributed by atoms with Crippen molar-refractivity contribution in [2.45, 2.75) is 0 Å². The fourth-order valence-corrected chi connectivity index (χ4v) is 2.25. The fraction of sp³-hybridized carbons (Fsp3) is 0. The van der Waals surface area contributed by atoms with E-state index < -0.39 is 23.2 Å². The first kappa shape index (κ1) is 15.4. The maximum Gasteiger partial charge on any atom is 0.270 e. The number of fused-ring (bicyclic) bond motifs is 1. The fourth-order valence-electron chi connectivity index (χ4n) is 2.25. The summed E-state index contributed by atoms with van der Waals surface area (Å²) in [6.45, 7) is 0. The first-order valence-electron chi connectivity index (χ1n) is 7.03. The predicted molar refractivity (Wildman–Crippen MR) is 85.9 cm³/mol. The highest BCUT2D eigenvalue weighted by atomic mass is 19.1. The second-order valence-corrected chi connectivity index (χ2v) is 5.01. The number of pyridine rings is 1. The van der Waals surface area contributed by atoms with Crippen LogP contribution < -0.4 is 16.4 Å².